The number of amides is 1. The standard InChI is InChI=1S/C22H20N2O3S/c1-13-4-6-16(7-5-13)20(25)11-24-19-10-17(18-12-28-15(3)23-18)8-9-21(19)27-14(2)22(24)26/h4-10,12,14H,11H2,1-3H3. The zero-order chi connectivity index (χ0) is 19.8. The zero-order valence-electron chi connectivity index (χ0n) is 15.9. The van der Waals surface area contributed by atoms with E-state index in [1.54, 1.807) is 30.4 Å². The molecule has 0 bridgehead atoms. The number of anilines is 1. The lowest BCUT2D eigenvalue weighted by atomic mass is 10.1. The molecule has 0 saturated heterocycles. The zero-order valence-corrected chi connectivity index (χ0v) is 16.7. The number of ketones is 1. The van der Waals surface area contributed by atoms with E-state index in [4.69, 9.17) is 4.74 Å². The molecule has 1 unspecified atom stereocenters. The smallest absolute Gasteiger partial charge is 0.268 e. The van der Waals surface area contributed by atoms with Crippen molar-refractivity contribution < 1.29 is 14.3 Å². The molecular formula is C22H20N2O3S. The number of hydrogen-bond donors (Lipinski definition) is 0. The molecule has 0 saturated carbocycles. The van der Waals surface area contributed by atoms with Crippen molar-refractivity contribution in [3.05, 3.63) is 64.0 Å². The summed E-state index contributed by atoms with van der Waals surface area (Å²) in [6.07, 6.45) is -0.634. The van der Waals surface area contributed by atoms with Crippen molar-refractivity contribution in [2.75, 3.05) is 11.4 Å². The Bertz CT molecular complexity index is 1060. The minimum Gasteiger partial charge on any atom is -0.479 e. The number of aryl methyl sites for hydroxylation is 2. The van der Waals surface area contributed by atoms with Crippen LogP contribution in [0.15, 0.2) is 47.8 Å². The van der Waals surface area contributed by atoms with E-state index in [0.29, 0.717) is 17.0 Å². The summed E-state index contributed by atoms with van der Waals surface area (Å²) in [5, 5.41) is 2.95. The van der Waals surface area contributed by atoms with Crippen LogP contribution >= 0.6 is 11.3 Å². The molecule has 0 spiro atoms. The van der Waals surface area contributed by atoms with Crippen LogP contribution in [0.3, 0.4) is 0 Å². The van der Waals surface area contributed by atoms with Gasteiger partial charge < -0.3 is 4.74 Å². The van der Waals surface area contributed by atoms with Gasteiger partial charge >= 0.3 is 0 Å². The van der Waals surface area contributed by atoms with Crippen molar-refractivity contribution in [2.24, 2.45) is 0 Å². The van der Waals surface area contributed by atoms with Crippen LogP contribution in [0.25, 0.3) is 11.3 Å². The number of ether oxygens (including phenoxy) is 1. The van der Waals surface area contributed by atoms with Gasteiger partial charge in [-0.3, -0.25) is 14.5 Å². The normalized spacial score (nSPS) is 15.9. The van der Waals surface area contributed by atoms with Crippen molar-refractivity contribution in [1.82, 2.24) is 4.98 Å². The van der Waals surface area contributed by atoms with E-state index in [9.17, 15) is 9.59 Å². The van der Waals surface area contributed by atoms with E-state index in [1.165, 1.54) is 4.90 Å². The Morgan fingerprint density at radius 3 is 2.61 bits per heavy atom. The summed E-state index contributed by atoms with van der Waals surface area (Å²) in [6, 6.07) is 13.0. The molecule has 142 valence electrons. The van der Waals surface area contributed by atoms with Gasteiger partial charge in [-0.05, 0) is 39.0 Å². The first-order valence-electron chi connectivity index (χ1n) is 9.07. The second-order valence-electron chi connectivity index (χ2n) is 6.91. The number of carbonyl (C=O) groups is 2. The fourth-order valence-electron chi connectivity index (χ4n) is 3.20. The van der Waals surface area contributed by atoms with Crippen LogP contribution in [0.2, 0.25) is 0 Å². The van der Waals surface area contributed by atoms with Gasteiger partial charge in [-0.1, -0.05) is 29.8 Å². The quantitative estimate of drug-likeness (QED) is 0.617. The van der Waals surface area contributed by atoms with Crippen LogP contribution in [0.4, 0.5) is 5.69 Å². The van der Waals surface area contributed by atoms with Gasteiger partial charge in [0.15, 0.2) is 11.9 Å². The third-order valence-corrected chi connectivity index (χ3v) is 5.53. The molecule has 1 amide bonds. The van der Waals surface area contributed by atoms with Gasteiger partial charge in [-0.2, -0.15) is 0 Å². The highest BCUT2D eigenvalue weighted by Gasteiger charge is 2.33. The highest BCUT2D eigenvalue weighted by Crippen LogP contribution is 2.37. The number of thiazole rings is 1. The third kappa shape index (κ3) is 3.43. The minimum absolute atomic E-state index is 0.0257. The average Bonchev–Trinajstić information content (AvgIpc) is 3.12. The summed E-state index contributed by atoms with van der Waals surface area (Å²) < 4.78 is 5.75. The van der Waals surface area contributed by atoms with Gasteiger partial charge in [0.25, 0.3) is 5.91 Å². The monoisotopic (exact) mass is 392 g/mol. The van der Waals surface area contributed by atoms with Crippen LogP contribution < -0.4 is 9.64 Å². The van der Waals surface area contributed by atoms with Crippen LogP contribution in [-0.2, 0) is 4.79 Å². The molecule has 5 nitrogen and oxygen atoms in total. The van der Waals surface area contributed by atoms with E-state index in [-0.39, 0.29) is 18.2 Å². The summed E-state index contributed by atoms with van der Waals surface area (Å²) in [6.45, 7) is 5.60. The molecule has 28 heavy (non-hydrogen) atoms. The topological polar surface area (TPSA) is 59.5 Å². The summed E-state index contributed by atoms with van der Waals surface area (Å²) in [4.78, 5) is 31.6. The van der Waals surface area contributed by atoms with Gasteiger partial charge in [0.1, 0.15) is 5.75 Å². The molecule has 1 aliphatic heterocycles. The molecule has 0 N–H and O–H groups in total. The van der Waals surface area contributed by atoms with Gasteiger partial charge in [0.05, 0.1) is 22.9 Å². The summed E-state index contributed by atoms with van der Waals surface area (Å²) in [7, 11) is 0. The highest BCUT2D eigenvalue weighted by molar-refractivity contribution is 7.09. The molecule has 0 aliphatic carbocycles. The van der Waals surface area contributed by atoms with Crippen molar-refractivity contribution in [2.45, 2.75) is 26.9 Å². The maximum absolute atomic E-state index is 12.8. The van der Waals surface area contributed by atoms with Gasteiger partial charge in [-0.15, -0.1) is 11.3 Å². The van der Waals surface area contributed by atoms with E-state index >= 15 is 0 Å². The van der Waals surface area contributed by atoms with Crippen LogP contribution in [0.1, 0.15) is 27.9 Å². The Morgan fingerprint density at radius 1 is 1.18 bits per heavy atom. The summed E-state index contributed by atoms with van der Waals surface area (Å²) in [5.41, 5.74) is 4.02. The molecule has 0 fully saturated rings. The predicted octanol–water partition coefficient (Wildman–Crippen LogP) is 4.42. The maximum Gasteiger partial charge on any atom is 0.268 e. The van der Waals surface area contributed by atoms with Crippen molar-refractivity contribution in [1.29, 1.82) is 0 Å². The minimum atomic E-state index is -0.634. The first-order valence-corrected chi connectivity index (χ1v) is 9.95. The predicted molar refractivity (Wildman–Crippen MR) is 110 cm³/mol. The lowest BCUT2D eigenvalue weighted by molar-refractivity contribution is -0.125. The van der Waals surface area contributed by atoms with E-state index in [2.05, 4.69) is 4.98 Å². The molecule has 1 aliphatic rings. The first-order chi connectivity index (χ1) is 13.4. The number of Topliss-reactive ketones (excluding diaryl/α,β-unsaturated/α-hetero) is 1. The molecular weight excluding hydrogens is 372 g/mol. The Kier molecular flexibility index (Phi) is 4.73. The fourth-order valence-corrected chi connectivity index (χ4v) is 3.82. The molecule has 3 aromatic rings. The second kappa shape index (κ2) is 7.20. The number of fused-ring (bicyclic) bond motifs is 1. The van der Waals surface area contributed by atoms with E-state index in [1.807, 2.05) is 49.6 Å². The fraction of sp³-hybridized carbons (Fsp3) is 0.227. The molecule has 6 heteroatoms. The maximum atomic E-state index is 12.8. The van der Waals surface area contributed by atoms with Crippen LogP contribution in [0.5, 0.6) is 5.75 Å². The SMILES string of the molecule is Cc1ccc(C(=O)CN2C(=O)C(C)Oc3ccc(-c4csc(C)n4)cc32)cc1. The molecule has 1 atom stereocenters. The van der Waals surface area contributed by atoms with Crippen molar-refractivity contribution >= 4 is 28.7 Å². The van der Waals surface area contributed by atoms with Gasteiger partial charge in [0.2, 0.25) is 0 Å². The van der Waals surface area contributed by atoms with Gasteiger partial charge in [0, 0.05) is 16.5 Å². The lowest BCUT2D eigenvalue weighted by Gasteiger charge is -2.33. The number of carbonyl (C=O) groups excluding carboxylic acids is 2. The van der Waals surface area contributed by atoms with Crippen LogP contribution in [0, 0.1) is 13.8 Å². The Hall–Kier alpha value is -2.99. The van der Waals surface area contributed by atoms with E-state index < -0.39 is 6.10 Å². The number of nitrogens with zero attached hydrogens (tertiary/aromatic N) is 2. The lowest BCUT2D eigenvalue weighted by Crippen LogP contribution is -2.46. The number of benzene rings is 2. The molecule has 0 radical (unpaired) electrons. The van der Waals surface area contributed by atoms with Crippen LogP contribution in [-0.4, -0.2) is 29.3 Å². The second-order valence-corrected chi connectivity index (χ2v) is 7.97. The largest absolute Gasteiger partial charge is 0.479 e. The Labute approximate surface area is 167 Å². The molecule has 2 aromatic carbocycles. The summed E-state index contributed by atoms with van der Waals surface area (Å²) in [5.74, 6) is 0.266. The van der Waals surface area contributed by atoms with Gasteiger partial charge in [-0.25, -0.2) is 4.98 Å². The molecule has 2 heterocycles. The molecule has 4 rings (SSSR count). The third-order valence-electron chi connectivity index (χ3n) is 4.76. The number of hydrogen-bond acceptors (Lipinski definition) is 5. The highest BCUT2D eigenvalue weighted by atomic mass is 32.1. The first kappa shape index (κ1) is 18.4. The van der Waals surface area contributed by atoms with Crippen molar-refractivity contribution in [3.8, 4) is 17.0 Å². The number of aromatic nitrogens is 1. The van der Waals surface area contributed by atoms with Crippen molar-refractivity contribution in [3.63, 3.8) is 0 Å². The summed E-state index contributed by atoms with van der Waals surface area (Å²) >= 11 is 1.57. The number of rotatable bonds is 4. The van der Waals surface area contributed by atoms with E-state index in [0.717, 1.165) is 21.8 Å². The molecule has 1 aromatic heterocycles. The Morgan fingerprint density at radius 2 is 1.93 bits per heavy atom. The Balaban J connectivity index is 1.70. The average molecular weight is 392 g/mol.